The van der Waals surface area contributed by atoms with E-state index in [9.17, 15) is 14.4 Å². The third kappa shape index (κ3) is 3.63. The van der Waals surface area contributed by atoms with Crippen LogP contribution in [-0.2, 0) is 11.3 Å². The molecule has 8 nitrogen and oxygen atoms in total. The molecule has 0 spiro atoms. The van der Waals surface area contributed by atoms with Crippen LogP contribution in [0.15, 0.2) is 50.2 Å². The van der Waals surface area contributed by atoms with Gasteiger partial charge in [-0.15, -0.1) is 0 Å². The summed E-state index contributed by atoms with van der Waals surface area (Å²) in [5.74, 6) is -0.782. The number of nitrogens with one attached hydrogen (secondary N) is 2. The van der Waals surface area contributed by atoms with Gasteiger partial charge in [0.2, 0.25) is 5.91 Å². The molecule has 3 aromatic rings. The summed E-state index contributed by atoms with van der Waals surface area (Å²) in [6.07, 6.45) is 1.98. The van der Waals surface area contributed by atoms with E-state index in [-0.39, 0.29) is 12.3 Å². The van der Waals surface area contributed by atoms with Crippen molar-refractivity contribution in [1.29, 1.82) is 0 Å². The monoisotopic (exact) mass is 343 g/mol. The SMILES string of the molecule is Cc1occc1C(=O)NNC(=O)CCCn1c(=O)oc2ccccc21. The van der Waals surface area contributed by atoms with Crippen LogP contribution < -0.4 is 16.6 Å². The van der Waals surface area contributed by atoms with Crippen LogP contribution in [0.4, 0.5) is 0 Å². The highest BCUT2D eigenvalue weighted by Crippen LogP contribution is 2.12. The number of furan rings is 1. The van der Waals surface area contributed by atoms with E-state index in [2.05, 4.69) is 10.9 Å². The fraction of sp³-hybridized carbons (Fsp3) is 0.235. The highest BCUT2D eigenvalue weighted by atomic mass is 16.4. The molecular weight excluding hydrogens is 326 g/mol. The molecule has 0 saturated carbocycles. The third-order valence-electron chi connectivity index (χ3n) is 3.78. The first kappa shape index (κ1) is 16.6. The van der Waals surface area contributed by atoms with Gasteiger partial charge in [0.25, 0.3) is 5.91 Å². The number of aromatic nitrogens is 1. The second kappa shape index (κ2) is 7.08. The van der Waals surface area contributed by atoms with Crippen molar-refractivity contribution < 1.29 is 18.4 Å². The molecule has 2 heterocycles. The zero-order valence-corrected chi connectivity index (χ0v) is 13.6. The van der Waals surface area contributed by atoms with Crippen molar-refractivity contribution >= 4 is 22.9 Å². The Labute approximate surface area is 142 Å². The van der Waals surface area contributed by atoms with E-state index in [4.69, 9.17) is 8.83 Å². The van der Waals surface area contributed by atoms with Crippen LogP contribution >= 0.6 is 0 Å². The number of hydrazine groups is 1. The van der Waals surface area contributed by atoms with Gasteiger partial charge in [0.1, 0.15) is 5.76 Å². The number of carbonyl (C=O) groups is 2. The minimum atomic E-state index is -0.453. The lowest BCUT2D eigenvalue weighted by Gasteiger charge is -2.07. The number of hydrogen-bond donors (Lipinski definition) is 2. The van der Waals surface area contributed by atoms with Crippen LogP contribution in [0.25, 0.3) is 11.1 Å². The Morgan fingerprint density at radius 1 is 1.16 bits per heavy atom. The van der Waals surface area contributed by atoms with Crippen molar-refractivity contribution in [1.82, 2.24) is 15.4 Å². The van der Waals surface area contributed by atoms with Gasteiger partial charge in [-0.05, 0) is 31.5 Å². The number of amides is 2. The minimum Gasteiger partial charge on any atom is -0.469 e. The first-order valence-electron chi connectivity index (χ1n) is 7.78. The van der Waals surface area contributed by atoms with Gasteiger partial charge < -0.3 is 8.83 Å². The number of hydrogen-bond acceptors (Lipinski definition) is 5. The number of oxazole rings is 1. The predicted octanol–water partition coefficient (Wildman–Crippen LogP) is 1.74. The quantitative estimate of drug-likeness (QED) is 0.686. The van der Waals surface area contributed by atoms with E-state index in [0.717, 1.165) is 0 Å². The second-order valence-corrected chi connectivity index (χ2v) is 5.48. The smallest absolute Gasteiger partial charge is 0.419 e. The number of fused-ring (bicyclic) bond motifs is 1. The van der Waals surface area contributed by atoms with Gasteiger partial charge >= 0.3 is 5.76 Å². The number of benzene rings is 1. The molecule has 0 saturated heterocycles. The van der Waals surface area contributed by atoms with Gasteiger partial charge in [0.05, 0.1) is 17.3 Å². The molecule has 8 heteroatoms. The van der Waals surface area contributed by atoms with Gasteiger partial charge in [-0.25, -0.2) is 4.79 Å². The van der Waals surface area contributed by atoms with Gasteiger partial charge in [0, 0.05) is 13.0 Å². The Morgan fingerprint density at radius 3 is 2.72 bits per heavy atom. The Hall–Kier alpha value is -3.29. The lowest BCUT2D eigenvalue weighted by Crippen LogP contribution is -2.41. The molecule has 0 unspecified atom stereocenters. The zero-order valence-electron chi connectivity index (χ0n) is 13.6. The number of rotatable bonds is 5. The Bertz CT molecular complexity index is 966. The van der Waals surface area contributed by atoms with E-state index in [1.165, 1.54) is 16.9 Å². The van der Waals surface area contributed by atoms with Crippen molar-refractivity contribution in [3.05, 3.63) is 58.5 Å². The Kier molecular flexibility index (Phi) is 4.69. The maximum Gasteiger partial charge on any atom is 0.419 e. The molecule has 2 aromatic heterocycles. The van der Waals surface area contributed by atoms with Gasteiger partial charge in [0.15, 0.2) is 5.58 Å². The molecule has 25 heavy (non-hydrogen) atoms. The van der Waals surface area contributed by atoms with E-state index < -0.39 is 11.7 Å². The topological polar surface area (TPSA) is 106 Å². The van der Waals surface area contributed by atoms with Gasteiger partial charge in [-0.1, -0.05) is 12.1 Å². The maximum absolute atomic E-state index is 11.8. The molecule has 0 fully saturated rings. The number of nitrogens with zero attached hydrogens (tertiary/aromatic N) is 1. The summed E-state index contributed by atoms with van der Waals surface area (Å²) in [7, 11) is 0. The molecule has 1 aromatic carbocycles. The number of para-hydroxylation sites is 2. The summed E-state index contributed by atoms with van der Waals surface area (Å²) in [5.41, 5.74) is 6.23. The summed E-state index contributed by atoms with van der Waals surface area (Å²) in [5, 5.41) is 0. The summed E-state index contributed by atoms with van der Waals surface area (Å²) >= 11 is 0. The molecular formula is C17H17N3O5. The van der Waals surface area contributed by atoms with Gasteiger partial charge in [-0.3, -0.25) is 25.0 Å². The second-order valence-electron chi connectivity index (χ2n) is 5.48. The van der Waals surface area contributed by atoms with Crippen molar-refractivity contribution in [3.8, 4) is 0 Å². The van der Waals surface area contributed by atoms with Crippen molar-refractivity contribution in [2.75, 3.05) is 0 Å². The van der Waals surface area contributed by atoms with Crippen LogP contribution in [0.2, 0.25) is 0 Å². The molecule has 0 atom stereocenters. The average molecular weight is 343 g/mol. The van der Waals surface area contributed by atoms with Crippen LogP contribution in [-0.4, -0.2) is 16.4 Å². The molecule has 0 aliphatic rings. The summed E-state index contributed by atoms with van der Waals surface area (Å²) in [6, 6.07) is 8.62. The average Bonchev–Trinajstić information content (AvgIpc) is 3.16. The Balaban J connectivity index is 1.49. The standard InChI is InChI=1S/C17H17N3O5/c1-11-12(8-10-24-11)16(22)19-18-15(21)7-4-9-20-13-5-2-3-6-14(13)25-17(20)23/h2-3,5-6,8,10H,4,7,9H2,1H3,(H,18,21)(H,19,22). The fourth-order valence-corrected chi connectivity index (χ4v) is 2.50. The van der Waals surface area contributed by atoms with Crippen LogP contribution in [0.3, 0.4) is 0 Å². The van der Waals surface area contributed by atoms with E-state index in [0.29, 0.717) is 35.4 Å². The summed E-state index contributed by atoms with van der Waals surface area (Å²) < 4.78 is 11.6. The summed E-state index contributed by atoms with van der Waals surface area (Å²) in [4.78, 5) is 35.5. The van der Waals surface area contributed by atoms with E-state index in [1.807, 2.05) is 6.07 Å². The summed E-state index contributed by atoms with van der Waals surface area (Å²) in [6.45, 7) is 2.00. The van der Waals surface area contributed by atoms with Crippen molar-refractivity contribution in [3.63, 3.8) is 0 Å². The lowest BCUT2D eigenvalue weighted by atomic mass is 10.2. The molecule has 0 bridgehead atoms. The first-order valence-corrected chi connectivity index (χ1v) is 7.78. The molecule has 2 N–H and O–H groups in total. The number of carbonyl (C=O) groups excluding carboxylic acids is 2. The highest BCUT2D eigenvalue weighted by Gasteiger charge is 2.13. The highest BCUT2D eigenvalue weighted by molar-refractivity contribution is 5.96. The molecule has 0 radical (unpaired) electrons. The number of aryl methyl sites for hydroxylation is 2. The van der Waals surface area contributed by atoms with E-state index >= 15 is 0 Å². The zero-order chi connectivity index (χ0) is 17.8. The lowest BCUT2D eigenvalue weighted by molar-refractivity contribution is -0.122. The predicted molar refractivity (Wildman–Crippen MR) is 88.8 cm³/mol. The van der Waals surface area contributed by atoms with Crippen molar-refractivity contribution in [2.24, 2.45) is 0 Å². The molecule has 130 valence electrons. The van der Waals surface area contributed by atoms with Crippen LogP contribution in [0.1, 0.15) is 29.0 Å². The molecule has 2 amide bonds. The minimum absolute atomic E-state index is 0.149. The molecule has 0 aliphatic heterocycles. The first-order chi connectivity index (χ1) is 12.1. The molecule has 3 rings (SSSR count). The third-order valence-corrected chi connectivity index (χ3v) is 3.78. The van der Waals surface area contributed by atoms with Gasteiger partial charge in [-0.2, -0.15) is 0 Å². The largest absolute Gasteiger partial charge is 0.469 e. The molecule has 0 aliphatic carbocycles. The van der Waals surface area contributed by atoms with Crippen LogP contribution in [0, 0.1) is 6.92 Å². The normalized spacial score (nSPS) is 10.8. The Morgan fingerprint density at radius 2 is 1.96 bits per heavy atom. The van der Waals surface area contributed by atoms with Crippen molar-refractivity contribution in [2.45, 2.75) is 26.3 Å². The van der Waals surface area contributed by atoms with Crippen LogP contribution in [0.5, 0.6) is 0 Å². The fourth-order valence-electron chi connectivity index (χ4n) is 2.50. The maximum atomic E-state index is 11.8. The van der Waals surface area contributed by atoms with E-state index in [1.54, 1.807) is 25.1 Å².